The van der Waals surface area contributed by atoms with Crippen molar-refractivity contribution < 1.29 is 13.9 Å². The molecule has 6 heteroatoms. The highest BCUT2D eigenvalue weighted by molar-refractivity contribution is 5.92. The van der Waals surface area contributed by atoms with Gasteiger partial charge in [-0.05, 0) is 49.2 Å². The summed E-state index contributed by atoms with van der Waals surface area (Å²) in [5, 5.41) is 2.84. The summed E-state index contributed by atoms with van der Waals surface area (Å²) in [4.78, 5) is 24.3. The van der Waals surface area contributed by atoms with Crippen molar-refractivity contribution in [3.63, 3.8) is 0 Å². The highest BCUT2D eigenvalue weighted by Gasteiger charge is 2.13. The second kappa shape index (κ2) is 7.91. The molecule has 136 valence electrons. The van der Waals surface area contributed by atoms with Crippen LogP contribution in [0.15, 0.2) is 51.7 Å². The lowest BCUT2D eigenvalue weighted by molar-refractivity contribution is -0.116. The first kappa shape index (κ1) is 17.8. The molecular weight excluding hydrogens is 332 g/mol. The van der Waals surface area contributed by atoms with E-state index < -0.39 is 5.76 Å². The minimum atomic E-state index is -0.544. The number of hydrogen-bond acceptors (Lipinski definition) is 4. The molecule has 0 spiro atoms. The summed E-state index contributed by atoms with van der Waals surface area (Å²) in [5.74, 6) is -0.0508. The smallest absolute Gasteiger partial charge is 0.420 e. The van der Waals surface area contributed by atoms with Gasteiger partial charge in [-0.1, -0.05) is 25.5 Å². The highest BCUT2D eigenvalue weighted by Crippen LogP contribution is 2.22. The number of amides is 1. The molecule has 0 radical (unpaired) electrons. The van der Waals surface area contributed by atoms with Crippen LogP contribution in [0.1, 0.15) is 25.3 Å². The number of ether oxygens (including phenoxy) is 1. The maximum absolute atomic E-state index is 12.4. The van der Waals surface area contributed by atoms with Crippen LogP contribution in [0.25, 0.3) is 11.1 Å². The van der Waals surface area contributed by atoms with E-state index in [0.717, 1.165) is 24.2 Å². The van der Waals surface area contributed by atoms with Crippen molar-refractivity contribution in [1.82, 2.24) is 4.57 Å². The number of aromatic nitrogens is 1. The van der Waals surface area contributed by atoms with Gasteiger partial charge >= 0.3 is 5.76 Å². The van der Waals surface area contributed by atoms with Gasteiger partial charge in [-0.3, -0.25) is 9.36 Å². The molecule has 1 N–H and O–H groups in total. The summed E-state index contributed by atoms with van der Waals surface area (Å²) < 4.78 is 12.1. The van der Waals surface area contributed by atoms with Crippen LogP contribution in [-0.2, 0) is 11.3 Å². The normalized spacial score (nSPS) is 10.8. The topological polar surface area (TPSA) is 73.5 Å². The first-order valence-corrected chi connectivity index (χ1v) is 8.70. The number of nitrogens with zero attached hydrogens (tertiary/aromatic N) is 1. The summed E-state index contributed by atoms with van der Waals surface area (Å²) in [7, 11) is 0. The molecule has 3 aromatic rings. The fraction of sp³-hybridized carbons (Fsp3) is 0.300. The third-order valence-electron chi connectivity index (χ3n) is 4.11. The zero-order valence-electron chi connectivity index (χ0n) is 15.0. The lowest BCUT2D eigenvalue weighted by Crippen LogP contribution is -2.25. The van der Waals surface area contributed by atoms with Crippen LogP contribution in [0, 0.1) is 6.92 Å². The van der Waals surface area contributed by atoms with Crippen molar-refractivity contribution in [3.05, 3.63) is 58.6 Å². The Morgan fingerprint density at radius 3 is 2.81 bits per heavy atom. The van der Waals surface area contributed by atoms with Crippen molar-refractivity contribution in [2.45, 2.75) is 33.2 Å². The number of fused-ring (bicyclic) bond motifs is 1. The predicted octanol–water partition coefficient (Wildman–Crippen LogP) is 3.72. The van der Waals surface area contributed by atoms with E-state index in [9.17, 15) is 9.59 Å². The number of carbonyl (C=O) groups excluding carboxylic acids is 1. The van der Waals surface area contributed by atoms with Crippen LogP contribution < -0.4 is 15.8 Å². The Morgan fingerprint density at radius 2 is 2.04 bits per heavy atom. The summed E-state index contributed by atoms with van der Waals surface area (Å²) in [6, 6.07) is 12.6. The molecule has 0 unspecified atom stereocenters. The van der Waals surface area contributed by atoms with Gasteiger partial charge in [-0.25, -0.2) is 4.79 Å². The molecule has 1 aromatic heterocycles. The van der Waals surface area contributed by atoms with E-state index in [1.807, 2.05) is 25.1 Å². The number of nitrogens with one attached hydrogen (secondary N) is 1. The van der Waals surface area contributed by atoms with Gasteiger partial charge in [0.25, 0.3) is 0 Å². The number of hydrogen-bond donors (Lipinski definition) is 1. The minimum absolute atomic E-state index is 0.107. The fourth-order valence-electron chi connectivity index (χ4n) is 2.70. The largest absolute Gasteiger partial charge is 0.494 e. The van der Waals surface area contributed by atoms with E-state index in [1.54, 1.807) is 24.3 Å². The second-order valence-electron chi connectivity index (χ2n) is 6.15. The van der Waals surface area contributed by atoms with Gasteiger partial charge in [0.05, 0.1) is 12.1 Å². The molecule has 0 saturated heterocycles. The third kappa shape index (κ3) is 3.96. The number of anilines is 1. The van der Waals surface area contributed by atoms with Crippen LogP contribution in [0.4, 0.5) is 5.69 Å². The lowest BCUT2D eigenvalue weighted by atomic mass is 10.2. The Balaban J connectivity index is 1.70. The number of aryl methyl sites for hydroxylation is 1. The number of benzene rings is 2. The maximum atomic E-state index is 12.4. The van der Waals surface area contributed by atoms with E-state index in [4.69, 9.17) is 9.15 Å². The molecule has 6 nitrogen and oxygen atoms in total. The first-order chi connectivity index (χ1) is 12.6. The monoisotopic (exact) mass is 354 g/mol. The molecule has 0 saturated carbocycles. The Bertz CT molecular complexity index is 971. The van der Waals surface area contributed by atoms with Crippen molar-refractivity contribution >= 4 is 22.7 Å². The van der Waals surface area contributed by atoms with Gasteiger partial charge in [-0.2, -0.15) is 0 Å². The molecule has 0 fully saturated rings. The number of para-hydroxylation sites is 2. The molecule has 26 heavy (non-hydrogen) atoms. The number of oxazole rings is 1. The molecular formula is C20H22N2O4. The van der Waals surface area contributed by atoms with Crippen molar-refractivity contribution in [1.29, 1.82) is 0 Å². The average molecular weight is 354 g/mol. The highest BCUT2D eigenvalue weighted by atomic mass is 16.5. The summed E-state index contributed by atoms with van der Waals surface area (Å²) >= 11 is 0. The average Bonchev–Trinajstić information content (AvgIpc) is 2.93. The number of rotatable bonds is 7. The Morgan fingerprint density at radius 1 is 1.23 bits per heavy atom. The Labute approximate surface area is 151 Å². The molecule has 0 aliphatic carbocycles. The molecule has 0 aliphatic heterocycles. The van der Waals surface area contributed by atoms with Gasteiger partial charge < -0.3 is 14.5 Å². The molecule has 1 heterocycles. The first-order valence-electron chi connectivity index (χ1n) is 8.70. The standard InChI is InChI=1S/C20H22N2O4/c1-3-4-11-25-15-9-10-16(14(2)12-15)21-19(23)13-22-17-7-5-6-8-18(17)26-20(22)24/h5-10,12H,3-4,11,13H2,1-2H3,(H,21,23). The van der Waals surface area contributed by atoms with Gasteiger partial charge in [0, 0.05) is 5.69 Å². The van der Waals surface area contributed by atoms with E-state index in [1.165, 1.54) is 4.57 Å². The predicted molar refractivity (Wildman–Crippen MR) is 101 cm³/mol. The maximum Gasteiger partial charge on any atom is 0.420 e. The molecule has 0 aliphatic rings. The zero-order valence-corrected chi connectivity index (χ0v) is 15.0. The van der Waals surface area contributed by atoms with Crippen LogP contribution in [-0.4, -0.2) is 17.1 Å². The number of unbranched alkanes of at least 4 members (excludes halogenated alkanes) is 1. The van der Waals surface area contributed by atoms with Gasteiger partial charge in [0.2, 0.25) is 5.91 Å². The van der Waals surface area contributed by atoms with Crippen LogP contribution >= 0.6 is 0 Å². The van der Waals surface area contributed by atoms with Crippen LogP contribution in [0.5, 0.6) is 5.75 Å². The van der Waals surface area contributed by atoms with E-state index in [0.29, 0.717) is 23.4 Å². The van der Waals surface area contributed by atoms with Gasteiger partial charge in [0.1, 0.15) is 12.3 Å². The second-order valence-corrected chi connectivity index (χ2v) is 6.15. The number of carbonyl (C=O) groups is 1. The van der Waals surface area contributed by atoms with Crippen LogP contribution in [0.3, 0.4) is 0 Å². The van der Waals surface area contributed by atoms with Crippen molar-refractivity contribution in [2.75, 3.05) is 11.9 Å². The molecule has 3 rings (SSSR count). The zero-order chi connectivity index (χ0) is 18.5. The van der Waals surface area contributed by atoms with E-state index >= 15 is 0 Å². The molecule has 2 aromatic carbocycles. The Kier molecular flexibility index (Phi) is 5.41. The summed E-state index contributed by atoms with van der Waals surface area (Å²) in [6.45, 7) is 4.59. The van der Waals surface area contributed by atoms with E-state index in [-0.39, 0.29) is 12.5 Å². The lowest BCUT2D eigenvalue weighted by Gasteiger charge is -2.11. The summed E-state index contributed by atoms with van der Waals surface area (Å²) in [6.07, 6.45) is 2.08. The van der Waals surface area contributed by atoms with Gasteiger partial charge in [-0.15, -0.1) is 0 Å². The van der Waals surface area contributed by atoms with Crippen LogP contribution in [0.2, 0.25) is 0 Å². The Hall–Kier alpha value is -3.02. The van der Waals surface area contributed by atoms with Crippen molar-refractivity contribution in [2.24, 2.45) is 0 Å². The summed E-state index contributed by atoms with van der Waals surface area (Å²) in [5.41, 5.74) is 2.66. The molecule has 0 bridgehead atoms. The van der Waals surface area contributed by atoms with Crippen molar-refractivity contribution in [3.8, 4) is 5.75 Å². The van der Waals surface area contributed by atoms with E-state index in [2.05, 4.69) is 12.2 Å². The van der Waals surface area contributed by atoms with Gasteiger partial charge in [0.15, 0.2) is 5.58 Å². The molecule has 0 atom stereocenters. The quantitative estimate of drug-likeness (QED) is 0.656. The fourth-order valence-corrected chi connectivity index (χ4v) is 2.70. The SMILES string of the molecule is CCCCOc1ccc(NC(=O)Cn2c(=O)oc3ccccc32)c(C)c1. The minimum Gasteiger partial charge on any atom is -0.494 e. The third-order valence-corrected chi connectivity index (χ3v) is 4.11. The molecule has 1 amide bonds.